The summed E-state index contributed by atoms with van der Waals surface area (Å²) in [5, 5.41) is 1.51. The van der Waals surface area contributed by atoms with E-state index in [0.717, 1.165) is 16.5 Å². The molecular formula is C16H10BrClO2. The van der Waals surface area contributed by atoms with Crippen LogP contribution in [0.25, 0.3) is 11.0 Å². The highest BCUT2D eigenvalue weighted by molar-refractivity contribution is 9.10. The van der Waals surface area contributed by atoms with Crippen molar-refractivity contribution in [3.05, 3.63) is 68.8 Å². The Bertz CT molecular complexity index is 820. The minimum atomic E-state index is -0.163. The summed E-state index contributed by atoms with van der Waals surface area (Å²) in [6.45, 7) is 1.96. The van der Waals surface area contributed by atoms with Crippen molar-refractivity contribution in [1.82, 2.24) is 0 Å². The lowest BCUT2D eigenvalue weighted by Gasteiger charge is -2.01. The number of ketones is 1. The first-order chi connectivity index (χ1) is 9.56. The third-order valence-electron chi connectivity index (χ3n) is 3.14. The fourth-order valence-electron chi connectivity index (χ4n) is 2.13. The molecule has 0 spiro atoms. The van der Waals surface area contributed by atoms with E-state index >= 15 is 0 Å². The van der Waals surface area contributed by atoms with E-state index in [1.165, 1.54) is 0 Å². The smallest absolute Gasteiger partial charge is 0.229 e. The molecule has 0 amide bonds. The minimum absolute atomic E-state index is 0.163. The van der Waals surface area contributed by atoms with Crippen LogP contribution in [0, 0.1) is 6.92 Å². The predicted molar refractivity (Wildman–Crippen MR) is 83.5 cm³/mol. The van der Waals surface area contributed by atoms with E-state index < -0.39 is 0 Å². The molecule has 3 rings (SSSR count). The van der Waals surface area contributed by atoms with E-state index in [9.17, 15) is 4.79 Å². The first-order valence-corrected chi connectivity index (χ1v) is 7.22. The molecule has 3 aromatic rings. The van der Waals surface area contributed by atoms with Crippen LogP contribution >= 0.6 is 27.5 Å². The van der Waals surface area contributed by atoms with E-state index in [2.05, 4.69) is 15.9 Å². The normalized spacial score (nSPS) is 10.9. The average Bonchev–Trinajstić information content (AvgIpc) is 2.83. The lowest BCUT2D eigenvalue weighted by atomic mass is 10.1. The molecule has 0 N–H and O–H groups in total. The van der Waals surface area contributed by atoms with Crippen molar-refractivity contribution in [3.63, 3.8) is 0 Å². The molecule has 2 nitrogen and oxygen atoms in total. The van der Waals surface area contributed by atoms with Gasteiger partial charge < -0.3 is 4.42 Å². The molecule has 0 fully saturated rings. The van der Waals surface area contributed by atoms with Gasteiger partial charge in [0.05, 0.1) is 0 Å². The van der Waals surface area contributed by atoms with Crippen LogP contribution in [0.15, 0.2) is 51.4 Å². The summed E-state index contributed by atoms with van der Waals surface area (Å²) in [6, 6.07) is 12.7. The number of para-hydroxylation sites is 1. The van der Waals surface area contributed by atoms with Crippen LogP contribution < -0.4 is 0 Å². The summed E-state index contributed by atoms with van der Waals surface area (Å²) in [6.07, 6.45) is 0. The molecule has 0 aliphatic heterocycles. The molecule has 0 bridgehead atoms. The second kappa shape index (κ2) is 5.08. The number of furan rings is 1. The van der Waals surface area contributed by atoms with Crippen LogP contribution in [0.1, 0.15) is 21.7 Å². The monoisotopic (exact) mass is 348 g/mol. The van der Waals surface area contributed by atoms with Gasteiger partial charge in [-0.3, -0.25) is 4.79 Å². The quantitative estimate of drug-likeness (QED) is 0.581. The SMILES string of the molecule is Cc1cccc2cc(C(=O)c3ccc(Cl)cc3Br)oc12. The van der Waals surface area contributed by atoms with Crippen LogP contribution in [0.5, 0.6) is 0 Å². The standard InChI is InChI=1S/C16H10BrClO2/c1-9-3-2-4-10-7-14(20-16(9)10)15(19)12-6-5-11(18)8-13(12)17/h2-8H,1H3. The molecule has 1 aromatic heterocycles. The molecule has 0 unspecified atom stereocenters. The van der Waals surface area contributed by atoms with Gasteiger partial charge in [0, 0.05) is 20.4 Å². The molecule has 0 saturated heterocycles. The van der Waals surface area contributed by atoms with Gasteiger partial charge in [0.1, 0.15) is 5.58 Å². The van der Waals surface area contributed by atoms with Gasteiger partial charge >= 0.3 is 0 Å². The average molecular weight is 350 g/mol. The molecule has 100 valence electrons. The number of fused-ring (bicyclic) bond motifs is 1. The Kier molecular flexibility index (Phi) is 3.40. The lowest BCUT2D eigenvalue weighted by molar-refractivity contribution is 0.101. The fourth-order valence-corrected chi connectivity index (χ4v) is 2.99. The number of aryl methyl sites for hydroxylation is 1. The maximum Gasteiger partial charge on any atom is 0.229 e. The zero-order chi connectivity index (χ0) is 14.3. The topological polar surface area (TPSA) is 30.2 Å². The molecule has 4 heteroatoms. The molecule has 0 atom stereocenters. The zero-order valence-electron chi connectivity index (χ0n) is 10.6. The zero-order valence-corrected chi connectivity index (χ0v) is 13.0. The van der Waals surface area contributed by atoms with Crippen molar-refractivity contribution in [3.8, 4) is 0 Å². The van der Waals surface area contributed by atoms with Gasteiger partial charge in [0.15, 0.2) is 5.76 Å². The predicted octanol–water partition coefficient (Wildman–Crippen LogP) is 5.39. The number of benzene rings is 2. The highest BCUT2D eigenvalue weighted by atomic mass is 79.9. The summed E-state index contributed by atoms with van der Waals surface area (Å²) < 4.78 is 6.36. The Morgan fingerprint density at radius 1 is 1.20 bits per heavy atom. The fraction of sp³-hybridized carbons (Fsp3) is 0.0625. The molecule has 0 aliphatic carbocycles. The molecule has 2 aromatic carbocycles. The number of halogens is 2. The number of hydrogen-bond donors (Lipinski definition) is 0. The highest BCUT2D eigenvalue weighted by Gasteiger charge is 2.17. The van der Waals surface area contributed by atoms with Gasteiger partial charge in [0.2, 0.25) is 5.78 Å². The Labute approximate surface area is 129 Å². The Hall–Kier alpha value is -1.58. The summed E-state index contributed by atoms with van der Waals surface area (Å²) in [5.74, 6) is 0.168. The number of rotatable bonds is 2. The Morgan fingerprint density at radius 2 is 2.00 bits per heavy atom. The minimum Gasteiger partial charge on any atom is -0.452 e. The van der Waals surface area contributed by atoms with Gasteiger partial charge in [-0.15, -0.1) is 0 Å². The third-order valence-corrected chi connectivity index (χ3v) is 4.03. The molecule has 0 aliphatic rings. The van der Waals surface area contributed by atoms with E-state index in [4.69, 9.17) is 16.0 Å². The summed E-state index contributed by atoms with van der Waals surface area (Å²) >= 11 is 9.24. The van der Waals surface area contributed by atoms with Crippen molar-refractivity contribution < 1.29 is 9.21 Å². The van der Waals surface area contributed by atoms with Gasteiger partial charge in [0.25, 0.3) is 0 Å². The maximum atomic E-state index is 12.5. The first-order valence-electron chi connectivity index (χ1n) is 6.05. The Morgan fingerprint density at radius 3 is 2.70 bits per heavy atom. The lowest BCUT2D eigenvalue weighted by Crippen LogP contribution is -2.00. The summed E-state index contributed by atoms with van der Waals surface area (Å²) in [4.78, 5) is 12.5. The maximum absolute atomic E-state index is 12.5. The second-order valence-corrected chi connectivity index (χ2v) is 5.85. The van der Waals surface area contributed by atoms with Gasteiger partial charge in [-0.05, 0) is 52.7 Å². The summed E-state index contributed by atoms with van der Waals surface area (Å²) in [5.41, 5.74) is 2.30. The van der Waals surface area contributed by atoms with Crippen molar-refractivity contribution in [2.24, 2.45) is 0 Å². The number of carbonyl (C=O) groups excluding carboxylic acids is 1. The van der Waals surface area contributed by atoms with Crippen LogP contribution in [-0.4, -0.2) is 5.78 Å². The molecule has 1 heterocycles. The number of carbonyl (C=O) groups is 1. The van der Waals surface area contributed by atoms with Crippen LogP contribution in [0.3, 0.4) is 0 Å². The van der Waals surface area contributed by atoms with Crippen LogP contribution in [0.4, 0.5) is 0 Å². The molecule has 20 heavy (non-hydrogen) atoms. The second-order valence-electron chi connectivity index (χ2n) is 4.56. The molecule has 0 radical (unpaired) electrons. The van der Waals surface area contributed by atoms with E-state index in [0.29, 0.717) is 20.8 Å². The van der Waals surface area contributed by atoms with Gasteiger partial charge in [-0.1, -0.05) is 29.8 Å². The third kappa shape index (κ3) is 2.28. The van der Waals surface area contributed by atoms with Crippen molar-refractivity contribution in [1.29, 1.82) is 0 Å². The largest absolute Gasteiger partial charge is 0.452 e. The first kappa shape index (κ1) is 13.4. The van der Waals surface area contributed by atoms with Crippen molar-refractivity contribution in [2.75, 3.05) is 0 Å². The van der Waals surface area contributed by atoms with Crippen molar-refractivity contribution in [2.45, 2.75) is 6.92 Å². The van der Waals surface area contributed by atoms with Crippen LogP contribution in [0.2, 0.25) is 5.02 Å². The molecular weight excluding hydrogens is 340 g/mol. The Balaban J connectivity index is 2.10. The van der Waals surface area contributed by atoms with Gasteiger partial charge in [-0.25, -0.2) is 0 Å². The molecule has 0 saturated carbocycles. The highest BCUT2D eigenvalue weighted by Crippen LogP contribution is 2.28. The van der Waals surface area contributed by atoms with E-state index in [-0.39, 0.29) is 5.78 Å². The van der Waals surface area contributed by atoms with Crippen LogP contribution in [-0.2, 0) is 0 Å². The summed E-state index contributed by atoms with van der Waals surface area (Å²) in [7, 11) is 0. The van der Waals surface area contributed by atoms with E-state index in [1.54, 1.807) is 24.3 Å². The number of hydrogen-bond acceptors (Lipinski definition) is 2. The van der Waals surface area contributed by atoms with E-state index in [1.807, 2.05) is 25.1 Å². The van der Waals surface area contributed by atoms with Crippen molar-refractivity contribution >= 4 is 44.3 Å². The van der Waals surface area contributed by atoms with Gasteiger partial charge in [-0.2, -0.15) is 0 Å².